The van der Waals surface area contributed by atoms with E-state index in [4.69, 9.17) is 0 Å². The molecule has 0 aliphatic heterocycles. The zero-order chi connectivity index (χ0) is 18.4. The molecule has 5 nitrogen and oxygen atoms in total. The summed E-state index contributed by atoms with van der Waals surface area (Å²) in [6.07, 6.45) is 9.37. The van der Waals surface area contributed by atoms with Gasteiger partial charge in [-0.25, -0.2) is 4.68 Å². The van der Waals surface area contributed by atoms with Crippen molar-refractivity contribution >= 4 is 16.8 Å². The normalized spacial score (nSPS) is 11.2. The lowest BCUT2D eigenvalue weighted by atomic mass is 9.97. The highest BCUT2D eigenvalue weighted by Crippen LogP contribution is 2.20. The first-order valence-electron chi connectivity index (χ1n) is 9.37. The molecule has 0 bridgehead atoms. The van der Waals surface area contributed by atoms with Crippen LogP contribution in [0.25, 0.3) is 16.6 Å². The molecule has 2 aromatic heterocycles. The van der Waals surface area contributed by atoms with Crippen LogP contribution in [0.1, 0.15) is 45.1 Å². The minimum atomic E-state index is 0.128. The molecular weight excluding hydrogens is 324 g/mol. The van der Waals surface area contributed by atoms with Gasteiger partial charge in [0.25, 0.3) is 0 Å². The Hall–Kier alpha value is -2.69. The van der Waals surface area contributed by atoms with Crippen molar-refractivity contribution in [3.63, 3.8) is 0 Å². The Morgan fingerprint density at radius 2 is 1.85 bits per heavy atom. The van der Waals surface area contributed by atoms with E-state index in [9.17, 15) is 4.79 Å². The summed E-state index contributed by atoms with van der Waals surface area (Å²) in [5.74, 6) is 0.296. The average Bonchev–Trinajstić information content (AvgIpc) is 3.10. The van der Waals surface area contributed by atoms with Crippen molar-refractivity contribution in [2.24, 2.45) is 5.92 Å². The second-order valence-corrected chi connectivity index (χ2v) is 6.65. The number of rotatable bonds is 8. The van der Waals surface area contributed by atoms with E-state index in [-0.39, 0.29) is 11.8 Å². The number of amides is 1. The Morgan fingerprint density at radius 1 is 1.12 bits per heavy atom. The lowest BCUT2D eigenvalue weighted by molar-refractivity contribution is -0.125. The van der Waals surface area contributed by atoms with Gasteiger partial charge in [-0.05, 0) is 42.7 Å². The van der Waals surface area contributed by atoms with Gasteiger partial charge in [-0.1, -0.05) is 32.8 Å². The number of nitrogens with zero attached hydrogens (tertiary/aromatic N) is 3. The van der Waals surface area contributed by atoms with Crippen molar-refractivity contribution in [3.8, 4) is 5.69 Å². The molecule has 0 saturated heterocycles. The van der Waals surface area contributed by atoms with E-state index in [1.807, 2.05) is 23.0 Å². The SMILES string of the molecule is CCCC(CCC)C(=O)NCc1ccc2c(cnn2-c2ccncc2)c1. The first-order chi connectivity index (χ1) is 12.7. The summed E-state index contributed by atoms with van der Waals surface area (Å²) < 4.78 is 1.90. The molecule has 0 radical (unpaired) electrons. The van der Waals surface area contributed by atoms with Crippen LogP contribution in [0.5, 0.6) is 0 Å². The minimum Gasteiger partial charge on any atom is -0.352 e. The number of carbonyl (C=O) groups excluding carboxylic acids is 1. The Balaban J connectivity index is 1.71. The van der Waals surface area contributed by atoms with Crippen LogP contribution in [-0.4, -0.2) is 20.7 Å². The first kappa shape index (κ1) is 18.1. The van der Waals surface area contributed by atoms with Crippen LogP contribution in [0.3, 0.4) is 0 Å². The second-order valence-electron chi connectivity index (χ2n) is 6.65. The average molecular weight is 350 g/mol. The van der Waals surface area contributed by atoms with Crippen LogP contribution < -0.4 is 5.32 Å². The van der Waals surface area contributed by atoms with Crippen molar-refractivity contribution in [1.29, 1.82) is 0 Å². The molecule has 5 heteroatoms. The van der Waals surface area contributed by atoms with Gasteiger partial charge >= 0.3 is 0 Å². The summed E-state index contributed by atoms with van der Waals surface area (Å²) in [7, 11) is 0. The molecule has 0 aliphatic rings. The Bertz CT molecular complexity index is 851. The van der Waals surface area contributed by atoms with Crippen molar-refractivity contribution in [3.05, 3.63) is 54.5 Å². The predicted octanol–water partition coefficient (Wildman–Crippen LogP) is 4.25. The highest BCUT2D eigenvalue weighted by molar-refractivity contribution is 5.81. The van der Waals surface area contributed by atoms with E-state index in [2.05, 4.69) is 47.4 Å². The highest BCUT2D eigenvalue weighted by atomic mass is 16.1. The van der Waals surface area contributed by atoms with E-state index in [1.165, 1.54) is 0 Å². The summed E-state index contributed by atoms with van der Waals surface area (Å²) in [5, 5.41) is 8.64. The maximum absolute atomic E-state index is 12.4. The number of nitrogens with one attached hydrogen (secondary N) is 1. The standard InChI is InChI=1S/C21H26N4O/c1-3-5-17(6-4-2)21(26)23-14-16-7-8-20-18(13-16)15-24-25(20)19-9-11-22-12-10-19/h7-13,15,17H,3-6,14H2,1-2H3,(H,23,26). The van der Waals surface area contributed by atoms with E-state index < -0.39 is 0 Å². The van der Waals surface area contributed by atoms with Gasteiger partial charge in [0, 0.05) is 30.2 Å². The smallest absolute Gasteiger partial charge is 0.223 e. The molecule has 0 fully saturated rings. The van der Waals surface area contributed by atoms with Crippen LogP contribution >= 0.6 is 0 Å². The maximum Gasteiger partial charge on any atom is 0.223 e. The number of hydrogen-bond donors (Lipinski definition) is 1. The fourth-order valence-corrected chi connectivity index (χ4v) is 3.32. The zero-order valence-corrected chi connectivity index (χ0v) is 15.5. The van der Waals surface area contributed by atoms with Gasteiger partial charge in [-0.2, -0.15) is 5.10 Å². The van der Waals surface area contributed by atoms with Crippen molar-refractivity contribution in [2.75, 3.05) is 0 Å². The molecule has 1 amide bonds. The molecule has 136 valence electrons. The van der Waals surface area contributed by atoms with Crippen molar-refractivity contribution < 1.29 is 4.79 Å². The van der Waals surface area contributed by atoms with Crippen LogP contribution in [-0.2, 0) is 11.3 Å². The van der Waals surface area contributed by atoms with E-state index in [0.29, 0.717) is 6.54 Å². The second kappa shape index (κ2) is 8.61. The van der Waals surface area contributed by atoms with Crippen LogP contribution in [0, 0.1) is 5.92 Å². The lowest BCUT2D eigenvalue weighted by Gasteiger charge is -2.15. The third-order valence-corrected chi connectivity index (χ3v) is 4.65. The molecule has 0 atom stereocenters. The van der Waals surface area contributed by atoms with Gasteiger partial charge in [-0.3, -0.25) is 9.78 Å². The number of carbonyl (C=O) groups is 1. The third kappa shape index (κ3) is 4.10. The summed E-state index contributed by atoms with van der Waals surface area (Å²) in [5.41, 5.74) is 3.12. The topological polar surface area (TPSA) is 59.8 Å². The lowest BCUT2D eigenvalue weighted by Crippen LogP contribution is -2.30. The van der Waals surface area contributed by atoms with E-state index in [1.54, 1.807) is 12.4 Å². The fourth-order valence-electron chi connectivity index (χ4n) is 3.32. The number of hydrogen-bond acceptors (Lipinski definition) is 3. The van der Waals surface area contributed by atoms with E-state index >= 15 is 0 Å². The van der Waals surface area contributed by atoms with Gasteiger partial charge in [0.1, 0.15) is 0 Å². The molecule has 0 spiro atoms. The summed E-state index contributed by atoms with van der Waals surface area (Å²) in [6, 6.07) is 10.1. The molecule has 3 rings (SSSR count). The van der Waals surface area contributed by atoms with Crippen LogP contribution in [0.4, 0.5) is 0 Å². The number of benzene rings is 1. The molecule has 26 heavy (non-hydrogen) atoms. The monoisotopic (exact) mass is 350 g/mol. The maximum atomic E-state index is 12.4. The number of aromatic nitrogens is 3. The van der Waals surface area contributed by atoms with Crippen molar-refractivity contribution in [1.82, 2.24) is 20.1 Å². The van der Waals surface area contributed by atoms with E-state index in [0.717, 1.165) is 47.8 Å². The third-order valence-electron chi connectivity index (χ3n) is 4.65. The van der Waals surface area contributed by atoms with Gasteiger partial charge in [0.15, 0.2) is 0 Å². The Morgan fingerprint density at radius 3 is 2.54 bits per heavy atom. The van der Waals surface area contributed by atoms with Gasteiger partial charge < -0.3 is 5.32 Å². The fraction of sp³-hybridized carbons (Fsp3) is 0.381. The largest absolute Gasteiger partial charge is 0.352 e. The van der Waals surface area contributed by atoms with Crippen molar-refractivity contribution in [2.45, 2.75) is 46.1 Å². The molecule has 0 unspecified atom stereocenters. The molecular formula is C21H26N4O. The molecule has 0 aliphatic carbocycles. The summed E-state index contributed by atoms with van der Waals surface area (Å²) in [4.78, 5) is 16.5. The summed E-state index contributed by atoms with van der Waals surface area (Å²) >= 11 is 0. The van der Waals surface area contributed by atoms with Gasteiger partial charge in [-0.15, -0.1) is 0 Å². The Kier molecular flexibility index (Phi) is 6.00. The van der Waals surface area contributed by atoms with Crippen LogP contribution in [0.2, 0.25) is 0 Å². The molecule has 2 heterocycles. The zero-order valence-electron chi connectivity index (χ0n) is 15.5. The first-order valence-corrected chi connectivity index (χ1v) is 9.37. The number of pyridine rings is 1. The van der Waals surface area contributed by atoms with Crippen LogP contribution in [0.15, 0.2) is 48.9 Å². The molecule has 1 aromatic carbocycles. The van der Waals surface area contributed by atoms with Gasteiger partial charge in [0.05, 0.1) is 17.4 Å². The highest BCUT2D eigenvalue weighted by Gasteiger charge is 2.16. The summed E-state index contributed by atoms with van der Waals surface area (Å²) in [6.45, 7) is 4.81. The van der Waals surface area contributed by atoms with Gasteiger partial charge in [0.2, 0.25) is 5.91 Å². The molecule has 0 saturated carbocycles. The predicted molar refractivity (Wildman–Crippen MR) is 104 cm³/mol. The quantitative estimate of drug-likeness (QED) is 0.660. The number of fused-ring (bicyclic) bond motifs is 1. The Labute approximate surface area is 154 Å². The minimum absolute atomic E-state index is 0.128. The molecule has 3 aromatic rings. The molecule has 1 N–H and O–H groups in total.